The van der Waals surface area contributed by atoms with Crippen LogP contribution >= 0.6 is 0 Å². The van der Waals surface area contributed by atoms with Gasteiger partial charge in [0.2, 0.25) is 0 Å². The van der Waals surface area contributed by atoms with E-state index in [9.17, 15) is 4.79 Å². The highest BCUT2D eigenvalue weighted by Crippen LogP contribution is 2.21. The number of benzene rings is 2. The minimum Gasteiger partial charge on any atom is -0.494 e. The van der Waals surface area contributed by atoms with Crippen LogP contribution in [-0.2, 0) is 0 Å². The first-order valence-electron chi connectivity index (χ1n) is 7.29. The Hall–Kier alpha value is -2.75. The maximum absolute atomic E-state index is 12.2. The van der Waals surface area contributed by atoms with Crippen LogP contribution in [0.2, 0.25) is 0 Å². The molecular formula is C18H18N2O2. The third-order valence-electron chi connectivity index (χ3n) is 3.51. The molecule has 112 valence electrons. The fourth-order valence-electron chi connectivity index (χ4n) is 2.34. The molecule has 4 nitrogen and oxygen atoms in total. The first-order chi connectivity index (χ1) is 10.7. The highest BCUT2D eigenvalue weighted by atomic mass is 16.5. The number of aromatic nitrogens is 2. The summed E-state index contributed by atoms with van der Waals surface area (Å²) in [6.07, 6.45) is 1.82. The van der Waals surface area contributed by atoms with Gasteiger partial charge >= 0.3 is 5.69 Å². The monoisotopic (exact) mass is 294 g/mol. The average Bonchev–Trinajstić information content (AvgIpc) is 2.91. The second kappa shape index (κ2) is 5.93. The van der Waals surface area contributed by atoms with Crippen molar-refractivity contribution in [2.75, 3.05) is 6.61 Å². The van der Waals surface area contributed by atoms with Crippen molar-refractivity contribution in [2.24, 2.45) is 0 Å². The highest BCUT2D eigenvalue weighted by molar-refractivity contribution is 5.60. The van der Waals surface area contributed by atoms with E-state index in [-0.39, 0.29) is 5.69 Å². The van der Waals surface area contributed by atoms with E-state index < -0.39 is 0 Å². The Balaban J connectivity index is 1.94. The molecular weight excluding hydrogens is 276 g/mol. The summed E-state index contributed by atoms with van der Waals surface area (Å²) in [7, 11) is 0. The van der Waals surface area contributed by atoms with Gasteiger partial charge in [-0.15, -0.1) is 0 Å². The molecule has 3 rings (SSSR count). The lowest BCUT2D eigenvalue weighted by atomic mass is 10.1. The quantitative estimate of drug-likeness (QED) is 0.800. The van der Waals surface area contributed by atoms with Crippen molar-refractivity contribution in [1.29, 1.82) is 0 Å². The van der Waals surface area contributed by atoms with Crippen LogP contribution in [0.25, 0.3) is 16.9 Å². The Kier molecular flexibility index (Phi) is 3.83. The van der Waals surface area contributed by atoms with Gasteiger partial charge in [0.15, 0.2) is 0 Å². The molecule has 0 atom stereocenters. The molecule has 0 spiro atoms. The fourth-order valence-corrected chi connectivity index (χ4v) is 2.34. The van der Waals surface area contributed by atoms with Gasteiger partial charge in [0.05, 0.1) is 18.0 Å². The standard InChI is InChI=1S/C18H18N2O2/c1-3-22-16-10-6-14(7-11-16)17-12-20(18(21)19-17)15-8-4-13(2)5-9-15/h4-12H,3H2,1-2H3,(H,19,21). The molecule has 2 aromatic carbocycles. The molecule has 0 aliphatic heterocycles. The largest absolute Gasteiger partial charge is 0.494 e. The predicted molar refractivity (Wildman–Crippen MR) is 87.7 cm³/mol. The highest BCUT2D eigenvalue weighted by Gasteiger charge is 2.07. The smallest absolute Gasteiger partial charge is 0.330 e. The Bertz CT molecular complexity index is 812. The SMILES string of the molecule is CCOc1ccc(-c2cn(-c3ccc(C)cc3)c(=O)[nH]2)cc1. The molecule has 0 aliphatic carbocycles. The molecule has 3 aromatic rings. The number of nitrogens with one attached hydrogen (secondary N) is 1. The molecule has 0 radical (unpaired) electrons. The van der Waals surface area contributed by atoms with E-state index in [4.69, 9.17) is 4.74 Å². The van der Waals surface area contributed by atoms with Crippen molar-refractivity contribution in [1.82, 2.24) is 9.55 Å². The summed E-state index contributed by atoms with van der Waals surface area (Å²) >= 11 is 0. The lowest BCUT2D eigenvalue weighted by Gasteiger charge is -2.03. The molecule has 0 unspecified atom stereocenters. The van der Waals surface area contributed by atoms with Crippen LogP contribution < -0.4 is 10.4 Å². The summed E-state index contributed by atoms with van der Waals surface area (Å²) in [6.45, 7) is 4.61. The number of aromatic amines is 1. The van der Waals surface area contributed by atoms with Crippen molar-refractivity contribution in [2.45, 2.75) is 13.8 Å². The van der Waals surface area contributed by atoms with Gasteiger partial charge in [0.25, 0.3) is 0 Å². The lowest BCUT2D eigenvalue weighted by molar-refractivity contribution is 0.340. The minimum absolute atomic E-state index is 0.146. The number of hydrogen-bond acceptors (Lipinski definition) is 2. The van der Waals surface area contributed by atoms with E-state index in [0.29, 0.717) is 6.61 Å². The molecule has 22 heavy (non-hydrogen) atoms. The van der Waals surface area contributed by atoms with Gasteiger partial charge in [0, 0.05) is 6.20 Å². The zero-order valence-electron chi connectivity index (χ0n) is 12.7. The predicted octanol–water partition coefficient (Wildman–Crippen LogP) is 3.54. The van der Waals surface area contributed by atoms with E-state index in [1.165, 1.54) is 5.56 Å². The molecule has 0 fully saturated rings. The van der Waals surface area contributed by atoms with Crippen LogP contribution in [0.15, 0.2) is 59.5 Å². The second-order valence-corrected chi connectivity index (χ2v) is 5.14. The van der Waals surface area contributed by atoms with Gasteiger partial charge in [0.1, 0.15) is 5.75 Å². The van der Waals surface area contributed by atoms with Crippen LogP contribution in [-0.4, -0.2) is 16.2 Å². The van der Waals surface area contributed by atoms with Crippen molar-refractivity contribution in [3.8, 4) is 22.7 Å². The molecule has 0 saturated heterocycles. The maximum Gasteiger partial charge on any atom is 0.330 e. The Morgan fingerprint density at radius 1 is 1.05 bits per heavy atom. The summed E-state index contributed by atoms with van der Waals surface area (Å²) in [5, 5.41) is 0. The van der Waals surface area contributed by atoms with E-state index >= 15 is 0 Å². The number of rotatable bonds is 4. The van der Waals surface area contributed by atoms with Crippen molar-refractivity contribution < 1.29 is 4.74 Å². The van der Waals surface area contributed by atoms with Crippen LogP contribution in [0.4, 0.5) is 0 Å². The third kappa shape index (κ3) is 2.81. The van der Waals surface area contributed by atoms with Crippen LogP contribution in [0.3, 0.4) is 0 Å². The van der Waals surface area contributed by atoms with E-state index in [2.05, 4.69) is 4.98 Å². The number of imidazole rings is 1. The molecule has 0 aliphatic rings. The molecule has 1 N–H and O–H groups in total. The Morgan fingerprint density at radius 3 is 2.36 bits per heavy atom. The fraction of sp³-hybridized carbons (Fsp3) is 0.167. The molecule has 1 heterocycles. The van der Waals surface area contributed by atoms with Gasteiger partial charge < -0.3 is 9.72 Å². The van der Waals surface area contributed by atoms with Crippen LogP contribution in [0.5, 0.6) is 5.75 Å². The summed E-state index contributed by atoms with van der Waals surface area (Å²) < 4.78 is 7.05. The Morgan fingerprint density at radius 2 is 1.73 bits per heavy atom. The van der Waals surface area contributed by atoms with E-state index in [0.717, 1.165) is 22.7 Å². The second-order valence-electron chi connectivity index (χ2n) is 5.14. The zero-order chi connectivity index (χ0) is 15.5. The van der Waals surface area contributed by atoms with Crippen LogP contribution in [0, 0.1) is 6.92 Å². The van der Waals surface area contributed by atoms with E-state index in [1.807, 2.05) is 68.6 Å². The summed E-state index contributed by atoms with van der Waals surface area (Å²) in [4.78, 5) is 15.0. The summed E-state index contributed by atoms with van der Waals surface area (Å²) in [5.74, 6) is 0.826. The minimum atomic E-state index is -0.146. The van der Waals surface area contributed by atoms with Crippen molar-refractivity contribution in [3.05, 3.63) is 70.8 Å². The number of H-pyrrole nitrogens is 1. The van der Waals surface area contributed by atoms with Gasteiger partial charge in [-0.25, -0.2) is 4.79 Å². The van der Waals surface area contributed by atoms with Gasteiger partial charge in [-0.2, -0.15) is 0 Å². The zero-order valence-corrected chi connectivity index (χ0v) is 12.7. The van der Waals surface area contributed by atoms with Gasteiger partial charge in [-0.05, 0) is 55.8 Å². The molecule has 0 saturated carbocycles. The number of nitrogens with zero attached hydrogens (tertiary/aromatic N) is 1. The lowest BCUT2D eigenvalue weighted by Crippen LogP contribution is -2.13. The van der Waals surface area contributed by atoms with Gasteiger partial charge in [-0.1, -0.05) is 17.7 Å². The maximum atomic E-state index is 12.2. The number of aryl methyl sites for hydroxylation is 1. The van der Waals surface area contributed by atoms with Crippen LogP contribution in [0.1, 0.15) is 12.5 Å². The number of ether oxygens (including phenoxy) is 1. The van der Waals surface area contributed by atoms with Crippen molar-refractivity contribution >= 4 is 0 Å². The third-order valence-corrected chi connectivity index (χ3v) is 3.51. The summed E-state index contributed by atoms with van der Waals surface area (Å²) in [5.41, 5.74) is 3.61. The topological polar surface area (TPSA) is 47.0 Å². The van der Waals surface area contributed by atoms with Gasteiger partial charge in [-0.3, -0.25) is 4.57 Å². The first-order valence-corrected chi connectivity index (χ1v) is 7.29. The normalized spacial score (nSPS) is 10.6. The molecule has 0 bridgehead atoms. The number of hydrogen-bond donors (Lipinski definition) is 1. The van der Waals surface area contributed by atoms with E-state index in [1.54, 1.807) is 4.57 Å². The Labute approximate surface area is 129 Å². The first kappa shape index (κ1) is 14.2. The molecule has 4 heteroatoms. The average molecular weight is 294 g/mol. The molecule has 0 amide bonds. The van der Waals surface area contributed by atoms with Crippen molar-refractivity contribution in [3.63, 3.8) is 0 Å². The summed E-state index contributed by atoms with van der Waals surface area (Å²) in [6, 6.07) is 15.5. The molecule has 1 aromatic heterocycles.